The van der Waals surface area contributed by atoms with Crippen LogP contribution in [-0.4, -0.2) is 19.4 Å². The largest absolute Gasteiger partial charge is 0.490 e. The van der Waals surface area contributed by atoms with Crippen molar-refractivity contribution in [1.82, 2.24) is 0 Å². The first-order chi connectivity index (χ1) is 14.6. The molecule has 0 aliphatic heterocycles. The van der Waals surface area contributed by atoms with Crippen molar-refractivity contribution in [3.05, 3.63) is 52.5 Å². The van der Waals surface area contributed by atoms with Crippen LogP contribution < -0.4 is 14.9 Å². The molecule has 0 unspecified atom stereocenters. The van der Waals surface area contributed by atoms with Crippen LogP contribution in [0.4, 0.5) is 5.69 Å². The van der Waals surface area contributed by atoms with E-state index in [0.29, 0.717) is 6.61 Å². The maximum absolute atomic E-state index is 6.15. The van der Waals surface area contributed by atoms with E-state index in [4.69, 9.17) is 21.1 Å². The molecule has 2 aromatic rings. The van der Waals surface area contributed by atoms with Gasteiger partial charge >= 0.3 is 0 Å². The van der Waals surface area contributed by atoms with Crippen LogP contribution in [0.2, 0.25) is 5.02 Å². The maximum atomic E-state index is 6.15. The van der Waals surface area contributed by atoms with Crippen LogP contribution >= 0.6 is 11.6 Å². The first-order valence-corrected chi connectivity index (χ1v) is 11.5. The second-order valence-corrected chi connectivity index (χ2v) is 7.85. The van der Waals surface area contributed by atoms with Gasteiger partial charge in [-0.15, -0.1) is 0 Å². The molecule has 0 aliphatic carbocycles. The molecule has 0 spiro atoms. The lowest BCUT2D eigenvalue weighted by molar-refractivity contribution is 0.270. The lowest BCUT2D eigenvalue weighted by Crippen LogP contribution is -2.02. The Morgan fingerprint density at radius 1 is 0.900 bits per heavy atom. The number of benzene rings is 2. The number of aryl methyl sites for hydroxylation is 1. The number of nitrogens with one attached hydrogen (secondary N) is 1. The van der Waals surface area contributed by atoms with E-state index in [1.807, 2.05) is 50.2 Å². The van der Waals surface area contributed by atoms with Crippen molar-refractivity contribution in [2.75, 3.05) is 18.6 Å². The third-order valence-electron chi connectivity index (χ3n) is 4.85. The Morgan fingerprint density at radius 3 is 2.40 bits per heavy atom. The van der Waals surface area contributed by atoms with Crippen molar-refractivity contribution in [3.8, 4) is 11.5 Å². The number of rotatable bonds is 14. The van der Waals surface area contributed by atoms with Crippen LogP contribution in [0.15, 0.2) is 41.5 Å². The van der Waals surface area contributed by atoms with Gasteiger partial charge in [0.05, 0.1) is 25.1 Å². The zero-order valence-electron chi connectivity index (χ0n) is 18.5. The number of hydrogen-bond donors (Lipinski definition) is 1. The van der Waals surface area contributed by atoms with Crippen molar-refractivity contribution in [2.24, 2.45) is 5.10 Å². The minimum atomic E-state index is 0.592. The van der Waals surface area contributed by atoms with Crippen LogP contribution in [0.5, 0.6) is 11.5 Å². The fourth-order valence-electron chi connectivity index (χ4n) is 3.08. The average Bonchev–Trinajstić information content (AvgIpc) is 2.74. The van der Waals surface area contributed by atoms with Crippen molar-refractivity contribution in [2.45, 2.75) is 65.7 Å². The molecule has 2 rings (SSSR count). The highest BCUT2D eigenvalue weighted by molar-refractivity contribution is 6.31. The summed E-state index contributed by atoms with van der Waals surface area (Å²) in [6, 6.07) is 11.7. The van der Waals surface area contributed by atoms with Gasteiger partial charge in [-0.1, -0.05) is 63.1 Å². The van der Waals surface area contributed by atoms with Gasteiger partial charge in [0.25, 0.3) is 0 Å². The quantitative estimate of drug-likeness (QED) is 0.190. The molecule has 0 bridgehead atoms. The highest BCUT2D eigenvalue weighted by Gasteiger charge is 2.06. The maximum Gasteiger partial charge on any atom is 0.161 e. The smallest absolute Gasteiger partial charge is 0.161 e. The molecule has 164 valence electrons. The van der Waals surface area contributed by atoms with E-state index in [-0.39, 0.29) is 0 Å². The SMILES string of the molecule is CCCCCCCCCOc1ccc(/C=N/Nc2ccc(C)c(Cl)c2)cc1OCC. The van der Waals surface area contributed by atoms with Crippen molar-refractivity contribution >= 4 is 23.5 Å². The Hall–Kier alpha value is -2.20. The topological polar surface area (TPSA) is 42.8 Å². The Labute approximate surface area is 186 Å². The van der Waals surface area contributed by atoms with Gasteiger partial charge in [-0.3, -0.25) is 5.43 Å². The zero-order chi connectivity index (χ0) is 21.6. The number of unbranched alkanes of at least 4 members (excludes halogenated alkanes) is 6. The summed E-state index contributed by atoms with van der Waals surface area (Å²) in [5.74, 6) is 1.54. The highest BCUT2D eigenvalue weighted by atomic mass is 35.5. The Bertz CT molecular complexity index is 793. The molecule has 0 radical (unpaired) electrons. The number of anilines is 1. The summed E-state index contributed by atoms with van der Waals surface area (Å²) in [6.07, 6.45) is 10.7. The summed E-state index contributed by atoms with van der Waals surface area (Å²) in [5.41, 5.74) is 5.83. The van der Waals surface area contributed by atoms with Gasteiger partial charge in [0, 0.05) is 5.02 Å². The number of nitrogens with zero attached hydrogens (tertiary/aromatic N) is 1. The highest BCUT2D eigenvalue weighted by Crippen LogP contribution is 2.28. The third kappa shape index (κ3) is 8.66. The van der Waals surface area contributed by atoms with Gasteiger partial charge in [0.2, 0.25) is 0 Å². The van der Waals surface area contributed by atoms with Crippen LogP contribution in [0.1, 0.15) is 69.9 Å². The van der Waals surface area contributed by atoms with E-state index in [1.54, 1.807) is 6.21 Å². The summed E-state index contributed by atoms with van der Waals surface area (Å²) in [5, 5.41) is 5.02. The van der Waals surface area contributed by atoms with Crippen molar-refractivity contribution in [3.63, 3.8) is 0 Å². The molecular formula is C25H35ClN2O2. The Morgan fingerprint density at radius 2 is 1.67 bits per heavy atom. The molecule has 2 aromatic carbocycles. The summed E-state index contributed by atoms with van der Waals surface area (Å²) in [4.78, 5) is 0. The van der Waals surface area contributed by atoms with Gasteiger partial charge in [-0.25, -0.2) is 0 Å². The molecule has 0 atom stereocenters. The van der Waals surface area contributed by atoms with Gasteiger partial charge in [-0.05, 0) is 61.7 Å². The van der Waals surface area contributed by atoms with E-state index < -0.39 is 0 Å². The molecule has 5 heteroatoms. The minimum Gasteiger partial charge on any atom is -0.490 e. The minimum absolute atomic E-state index is 0.592. The lowest BCUT2D eigenvalue weighted by atomic mass is 10.1. The Balaban J connectivity index is 1.85. The summed E-state index contributed by atoms with van der Waals surface area (Å²) in [6.45, 7) is 7.51. The van der Waals surface area contributed by atoms with E-state index in [2.05, 4.69) is 17.5 Å². The van der Waals surface area contributed by atoms with Crippen LogP contribution in [0.25, 0.3) is 0 Å². The Kier molecular flexibility index (Phi) is 11.2. The average molecular weight is 431 g/mol. The second kappa shape index (κ2) is 13.9. The first kappa shape index (κ1) is 24.1. The molecule has 0 aliphatic rings. The van der Waals surface area contributed by atoms with Gasteiger partial charge in [0.1, 0.15) is 0 Å². The lowest BCUT2D eigenvalue weighted by Gasteiger charge is -2.12. The predicted octanol–water partition coefficient (Wildman–Crippen LogP) is 7.62. The van der Waals surface area contributed by atoms with Crippen LogP contribution in [-0.2, 0) is 0 Å². The van der Waals surface area contributed by atoms with Crippen molar-refractivity contribution < 1.29 is 9.47 Å². The summed E-state index contributed by atoms with van der Waals surface area (Å²) >= 11 is 6.15. The molecule has 0 aromatic heterocycles. The number of hydrogen-bond acceptors (Lipinski definition) is 4. The number of halogens is 1. The monoisotopic (exact) mass is 430 g/mol. The van der Waals surface area contributed by atoms with Crippen LogP contribution in [0.3, 0.4) is 0 Å². The summed E-state index contributed by atoms with van der Waals surface area (Å²) < 4.78 is 11.7. The zero-order valence-corrected chi connectivity index (χ0v) is 19.3. The standard InChI is InChI=1S/C25H35ClN2O2/c1-4-6-7-8-9-10-11-16-30-24-15-13-21(17-25(24)29-5-2)19-27-28-22-14-12-20(3)23(26)18-22/h12-15,17-19,28H,4-11,16H2,1-3H3/b27-19+. The van der Waals surface area contributed by atoms with Crippen molar-refractivity contribution in [1.29, 1.82) is 0 Å². The normalized spacial score (nSPS) is 11.1. The fourth-order valence-corrected chi connectivity index (χ4v) is 3.26. The van der Waals surface area contributed by atoms with E-state index >= 15 is 0 Å². The molecule has 30 heavy (non-hydrogen) atoms. The second-order valence-electron chi connectivity index (χ2n) is 7.44. The molecule has 0 amide bonds. The molecule has 0 saturated heterocycles. The van der Waals surface area contributed by atoms with E-state index in [1.165, 1.54) is 38.5 Å². The van der Waals surface area contributed by atoms with Gasteiger partial charge in [0.15, 0.2) is 11.5 Å². The predicted molar refractivity (Wildman–Crippen MR) is 129 cm³/mol. The molecule has 0 saturated carbocycles. The van der Waals surface area contributed by atoms with Gasteiger partial charge < -0.3 is 9.47 Å². The molecule has 1 N–H and O–H groups in total. The molecule has 0 fully saturated rings. The molecule has 4 nitrogen and oxygen atoms in total. The molecular weight excluding hydrogens is 396 g/mol. The molecule has 0 heterocycles. The van der Waals surface area contributed by atoms with E-state index in [0.717, 1.165) is 46.4 Å². The van der Waals surface area contributed by atoms with Crippen LogP contribution in [0, 0.1) is 6.92 Å². The first-order valence-electron chi connectivity index (χ1n) is 11.1. The third-order valence-corrected chi connectivity index (χ3v) is 5.26. The number of hydrazone groups is 1. The van der Waals surface area contributed by atoms with Gasteiger partial charge in [-0.2, -0.15) is 5.10 Å². The fraction of sp³-hybridized carbons (Fsp3) is 0.480. The number of ether oxygens (including phenoxy) is 2. The van der Waals surface area contributed by atoms with E-state index in [9.17, 15) is 0 Å². The summed E-state index contributed by atoms with van der Waals surface area (Å²) in [7, 11) is 0.